The first-order valence-corrected chi connectivity index (χ1v) is 11.8. The fourth-order valence-electron chi connectivity index (χ4n) is 2.86. The lowest BCUT2D eigenvalue weighted by atomic mass is 10.1. The quantitative estimate of drug-likeness (QED) is 0.147. The molecule has 0 fully saturated rings. The lowest BCUT2D eigenvalue weighted by molar-refractivity contribution is -0.120. The van der Waals surface area contributed by atoms with Crippen molar-refractivity contribution in [3.05, 3.63) is 96.7 Å². The van der Waals surface area contributed by atoms with Gasteiger partial charge in [-0.05, 0) is 62.6 Å². The number of amides is 1. The van der Waals surface area contributed by atoms with E-state index in [9.17, 15) is 15.0 Å². The summed E-state index contributed by atoms with van der Waals surface area (Å²) in [6.45, 7) is 2.65. The van der Waals surface area contributed by atoms with E-state index in [1.807, 2.05) is 6.08 Å². The zero-order chi connectivity index (χ0) is 24.0. The normalized spacial score (nSPS) is 12.5. The summed E-state index contributed by atoms with van der Waals surface area (Å²) in [6.07, 6.45) is 32.2. The molecule has 0 spiro atoms. The van der Waals surface area contributed by atoms with Crippen LogP contribution in [0.1, 0.15) is 57.4 Å². The number of hydrogen-bond acceptors (Lipinski definition) is 3. The van der Waals surface area contributed by atoms with Gasteiger partial charge in [0.1, 0.15) is 0 Å². The molecule has 1 aromatic rings. The molecule has 0 aliphatic heterocycles. The highest BCUT2D eigenvalue weighted by Gasteiger charge is 2.02. The number of nitrogens with one attached hydrogen (secondary N) is 1. The molecule has 178 valence electrons. The second-order valence-corrected chi connectivity index (χ2v) is 7.55. The van der Waals surface area contributed by atoms with Crippen LogP contribution in [0.5, 0.6) is 11.5 Å². The molecule has 1 rings (SSSR count). The van der Waals surface area contributed by atoms with Crippen molar-refractivity contribution in [1.29, 1.82) is 0 Å². The summed E-state index contributed by atoms with van der Waals surface area (Å²) >= 11 is 0. The second kappa shape index (κ2) is 19.4. The predicted octanol–water partition coefficient (Wildman–Crippen LogP) is 6.84. The van der Waals surface area contributed by atoms with Gasteiger partial charge in [0.05, 0.1) is 0 Å². The topological polar surface area (TPSA) is 69.6 Å². The van der Waals surface area contributed by atoms with Crippen LogP contribution in [0.4, 0.5) is 0 Å². The smallest absolute Gasteiger partial charge is 0.220 e. The van der Waals surface area contributed by atoms with Crippen LogP contribution >= 0.6 is 0 Å². The van der Waals surface area contributed by atoms with E-state index >= 15 is 0 Å². The van der Waals surface area contributed by atoms with Crippen LogP contribution in [0, 0.1) is 0 Å². The summed E-state index contributed by atoms with van der Waals surface area (Å²) in [4.78, 5) is 11.9. The van der Waals surface area contributed by atoms with E-state index in [2.05, 4.69) is 79.1 Å². The molecular formula is C29H39NO3. The zero-order valence-corrected chi connectivity index (χ0v) is 19.8. The van der Waals surface area contributed by atoms with Crippen LogP contribution in [0.25, 0.3) is 0 Å². The van der Waals surface area contributed by atoms with Crippen molar-refractivity contribution >= 4 is 5.91 Å². The molecule has 3 N–H and O–H groups in total. The Bertz CT molecular complexity index is 844. The number of carbonyl (C=O) groups is 1. The van der Waals surface area contributed by atoms with Gasteiger partial charge >= 0.3 is 0 Å². The molecule has 0 saturated carbocycles. The largest absolute Gasteiger partial charge is 0.504 e. The Labute approximate surface area is 199 Å². The van der Waals surface area contributed by atoms with Crippen LogP contribution in [-0.4, -0.2) is 22.7 Å². The molecule has 1 aromatic carbocycles. The van der Waals surface area contributed by atoms with Crippen molar-refractivity contribution in [3.8, 4) is 11.5 Å². The molecule has 0 heterocycles. The van der Waals surface area contributed by atoms with Gasteiger partial charge in [-0.1, -0.05) is 85.9 Å². The van der Waals surface area contributed by atoms with Gasteiger partial charge in [-0.3, -0.25) is 4.79 Å². The van der Waals surface area contributed by atoms with Crippen LogP contribution in [0.2, 0.25) is 0 Å². The van der Waals surface area contributed by atoms with E-state index in [0.717, 1.165) is 37.7 Å². The highest BCUT2D eigenvalue weighted by Crippen LogP contribution is 2.24. The maximum Gasteiger partial charge on any atom is 0.220 e. The minimum Gasteiger partial charge on any atom is -0.504 e. The molecule has 0 aliphatic carbocycles. The molecule has 0 aromatic heterocycles. The lowest BCUT2D eigenvalue weighted by Crippen LogP contribution is -2.25. The summed E-state index contributed by atoms with van der Waals surface area (Å²) < 4.78 is 0. The molecule has 0 aliphatic rings. The molecule has 33 heavy (non-hydrogen) atoms. The Kier molecular flexibility index (Phi) is 16.3. The Balaban J connectivity index is 2.02. The number of phenolic OH excluding ortho intramolecular Hbond substituents is 2. The summed E-state index contributed by atoms with van der Waals surface area (Å²) in [5, 5.41) is 21.6. The molecule has 0 bridgehead atoms. The Morgan fingerprint density at radius 3 is 1.97 bits per heavy atom. The minimum absolute atomic E-state index is 0.0141. The molecule has 0 unspecified atom stereocenters. The van der Waals surface area contributed by atoms with Gasteiger partial charge in [0.2, 0.25) is 5.91 Å². The van der Waals surface area contributed by atoms with E-state index < -0.39 is 0 Å². The lowest BCUT2D eigenvalue weighted by Gasteiger charge is -2.05. The van der Waals surface area contributed by atoms with Gasteiger partial charge in [0.15, 0.2) is 11.5 Å². The van der Waals surface area contributed by atoms with Crippen LogP contribution in [-0.2, 0) is 11.2 Å². The van der Waals surface area contributed by atoms with Gasteiger partial charge in [0, 0.05) is 13.0 Å². The van der Waals surface area contributed by atoms with Crippen molar-refractivity contribution in [1.82, 2.24) is 5.32 Å². The minimum atomic E-state index is -0.138. The number of carbonyl (C=O) groups excluding carboxylic acids is 1. The first kappa shape index (κ1) is 27.8. The fourth-order valence-corrected chi connectivity index (χ4v) is 2.86. The average molecular weight is 450 g/mol. The standard InChI is InChI=1S/C29H39NO3/c1-2-3-4-5-6-7-8-9-10-11-12-13-14-15-16-17-18-19-20-29(33)30-24-23-26-21-22-27(31)28(32)25-26/h3-4,6-7,9-12,14-15,17-18,21-22,25,31-32H,2,5,8,13,16,19-20,23-24H2,1H3,(H,30,33)/b4-3-,7-6-,10-9-,12-11-,15-14-,18-17-. The number of rotatable bonds is 16. The van der Waals surface area contributed by atoms with Gasteiger partial charge in [-0.2, -0.15) is 0 Å². The molecule has 1 amide bonds. The summed E-state index contributed by atoms with van der Waals surface area (Å²) in [5.41, 5.74) is 0.867. The number of aromatic hydroxyl groups is 2. The van der Waals surface area contributed by atoms with E-state index in [0.29, 0.717) is 25.8 Å². The Morgan fingerprint density at radius 2 is 1.36 bits per heavy atom. The zero-order valence-electron chi connectivity index (χ0n) is 19.8. The van der Waals surface area contributed by atoms with Crippen molar-refractivity contribution in [2.24, 2.45) is 0 Å². The number of hydrogen-bond donors (Lipinski definition) is 3. The van der Waals surface area contributed by atoms with E-state index in [1.165, 1.54) is 12.1 Å². The van der Waals surface area contributed by atoms with Crippen molar-refractivity contribution in [2.45, 2.75) is 58.3 Å². The highest BCUT2D eigenvalue weighted by atomic mass is 16.3. The first-order chi connectivity index (χ1) is 16.1. The summed E-state index contributed by atoms with van der Waals surface area (Å²) in [7, 11) is 0. The van der Waals surface area contributed by atoms with E-state index in [-0.39, 0.29) is 17.4 Å². The van der Waals surface area contributed by atoms with Crippen molar-refractivity contribution in [3.63, 3.8) is 0 Å². The van der Waals surface area contributed by atoms with E-state index in [4.69, 9.17) is 0 Å². The second-order valence-electron chi connectivity index (χ2n) is 7.55. The molecule has 0 radical (unpaired) electrons. The maximum absolute atomic E-state index is 11.9. The fraction of sp³-hybridized carbons (Fsp3) is 0.345. The Morgan fingerprint density at radius 1 is 0.788 bits per heavy atom. The van der Waals surface area contributed by atoms with Gasteiger partial charge in [-0.15, -0.1) is 0 Å². The third-order valence-corrected chi connectivity index (χ3v) is 4.69. The number of allylic oxidation sites excluding steroid dienone is 12. The molecule has 4 heteroatoms. The van der Waals surface area contributed by atoms with E-state index in [1.54, 1.807) is 6.07 Å². The Hall–Kier alpha value is -3.27. The highest BCUT2D eigenvalue weighted by molar-refractivity contribution is 5.75. The number of phenols is 2. The third kappa shape index (κ3) is 16.1. The van der Waals surface area contributed by atoms with Crippen molar-refractivity contribution in [2.75, 3.05) is 6.54 Å². The van der Waals surface area contributed by atoms with Crippen LogP contribution in [0.3, 0.4) is 0 Å². The molecular weight excluding hydrogens is 410 g/mol. The summed E-state index contributed by atoms with van der Waals surface area (Å²) in [6, 6.07) is 4.70. The van der Waals surface area contributed by atoms with Crippen molar-refractivity contribution < 1.29 is 15.0 Å². The van der Waals surface area contributed by atoms with Gasteiger partial charge < -0.3 is 15.5 Å². The van der Waals surface area contributed by atoms with Gasteiger partial charge in [0.25, 0.3) is 0 Å². The third-order valence-electron chi connectivity index (χ3n) is 4.69. The molecule has 4 nitrogen and oxygen atoms in total. The molecule has 0 atom stereocenters. The monoisotopic (exact) mass is 449 g/mol. The average Bonchev–Trinajstić information content (AvgIpc) is 2.80. The predicted molar refractivity (Wildman–Crippen MR) is 139 cm³/mol. The summed E-state index contributed by atoms with van der Waals surface area (Å²) in [5.74, 6) is -0.260. The SMILES string of the molecule is CC/C=C\C/C=C\C/C=C\C=C/C/C=C\C/C=C\CCC(=O)NCCc1ccc(O)c(O)c1. The first-order valence-electron chi connectivity index (χ1n) is 11.8. The van der Waals surface area contributed by atoms with Gasteiger partial charge in [-0.25, -0.2) is 0 Å². The van der Waals surface area contributed by atoms with Crippen LogP contribution < -0.4 is 5.32 Å². The number of benzene rings is 1. The molecule has 0 saturated heterocycles. The maximum atomic E-state index is 11.9. The van der Waals surface area contributed by atoms with Crippen LogP contribution in [0.15, 0.2) is 91.1 Å².